The predicted molar refractivity (Wildman–Crippen MR) is 166 cm³/mol. The topological polar surface area (TPSA) is 86.8 Å². The number of nitrogens with one attached hydrogen (secondary N) is 1. The van der Waals surface area contributed by atoms with E-state index < -0.39 is 16.1 Å². The first-order valence-electron chi connectivity index (χ1n) is 14.2. The lowest BCUT2D eigenvalue weighted by molar-refractivity contribution is -0.141. The van der Waals surface area contributed by atoms with Crippen LogP contribution in [-0.4, -0.2) is 50.0 Å². The van der Waals surface area contributed by atoms with Gasteiger partial charge in [0.25, 0.3) is 0 Å². The zero-order chi connectivity index (χ0) is 30.0. The Labute approximate surface area is 245 Å². The fourth-order valence-corrected chi connectivity index (χ4v) is 5.82. The molecule has 0 aromatic heterocycles. The molecule has 1 N–H and O–H groups in total. The van der Waals surface area contributed by atoms with E-state index in [2.05, 4.69) is 5.32 Å². The van der Waals surface area contributed by atoms with E-state index >= 15 is 0 Å². The van der Waals surface area contributed by atoms with Crippen molar-refractivity contribution in [3.63, 3.8) is 0 Å². The fraction of sp³-hybridized carbons (Fsp3) is 0.394. The Morgan fingerprint density at radius 2 is 1.44 bits per heavy atom. The summed E-state index contributed by atoms with van der Waals surface area (Å²) in [5.74, 6) is -0.386. The summed E-state index contributed by atoms with van der Waals surface area (Å²) in [6, 6.07) is 24.2. The maximum atomic E-state index is 13.9. The van der Waals surface area contributed by atoms with Gasteiger partial charge in [-0.1, -0.05) is 73.7 Å². The Balaban J connectivity index is 1.88. The zero-order valence-electron chi connectivity index (χ0n) is 24.8. The molecule has 0 heterocycles. The third-order valence-electron chi connectivity index (χ3n) is 7.11. The second kappa shape index (κ2) is 14.8. The lowest BCUT2D eigenvalue weighted by Crippen LogP contribution is -2.52. The molecule has 0 spiro atoms. The van der Waals surface area contributed by atoms with Crippen molar-refractivity contribution in [2.75, 3.05) is 17.1 Å². The van der Waals surface area contributed by atoms with Crippen LogP contribution < -0.4 is 9.62 Å². The van der Waals surface area contributed by atoms with Gasteiger partial charge >= 0.3 is 0 Å². The lowest BCUT2D eigenvalue weighted by atomic mass is 10.0. The Morgan fingerprint density at radius 3 is 1.98 bits per heavy atom. The van der Waals surface area contributed by atoms with Crippen molar-refractivity contribution >= 4 is 27.5 Å². The first-order valence-corrected chi connectivity index (χ1v) is 16.1. The summed E-state index contributed by atoms with van der Waals surface area (Å²) in [4.78, 5) is 29.2. The number of hydrogen-bond donors (Lipinski definition) is 1. The maximum absolute atomic E-state index is 13.9. The van der Waals surface area contributed by atoms with Crippen LogP contribution in [0.3, 0.4) is 0 Å². The second-order valence-electron chi connectivity index (χ2n) is 10.8. The molecular weight excluding hydrogens is 534 g/mol. The van der Waals surface area contributed by atoms with Gasteiger partial charge in [0.15, 0.2) is 0 Å². The number of amides is 2. The fourth-order valence-electron chi connectivity index (χ4n) is 4.87. The van der Waals surface area contributed by atoms with E-state index in [9.17, 15) is 18.0 Å². The van der Waals surface area contributed by atoms with Gasteiger partial charge in [-0.15, -0.1) is 0 Å². The van der Waals surface area contributed by atoms with Gasteiger partial charge in [0.1, 0.15) is 6.04 Å². The highest BCUT2D eigenvalue weighted by Crippen LogP contribution is 2.23. The van der Waals surface area contributed by atoms with E-state index in [1.807, 2.05) is 107 Å². The lowest BCUT2D eigenvalue weighted by Gasteiger charge is -2.32. The number of carbonyl (C=O) groups is 2. The highest BCUT2D eigenvalue weighted by Gasteiger charge is 2.31. The normalized spacial score (nSPS) is 12.8. The van der Waals surface area contributed by atoms with E-state index in [1.54, 1.807) is 4.90 Å². The minimum Gasteiger partial charge on any atom is -0.352 e. The Morgan fingerprint density at radius 1 is 0.878 bits per heavy atom. The average molecular weight is 578 g/mol. The third-order valence-corrected chi connectivity index (χ3v) is 8.31. The van der Waals surface area contributed by atoms with Gasteiger partial charge in [-0.3, -0.25) is 13.9 Å². The number of sulfonamides is 1. The molecule has 0 aliphatic heterocycles. The van der Waals surface area contributed by atoms with Gasteiger partial charge in [0, 0.05) is 32.0 Å². The molecule has 220 valence electrons. The number of hydrogen-bond acceptors (Lipinski definition) is 4. The summed E-state index contributed by atoms with van der Waals surface area (Å²) in [5.41, 5.74) is 4.40. The van der Waals surface area contributed by atoms with Crippen LogP contribution in [0.1, 0.15) is 55.4 Å². The van der Waals surface area contributed by atoms with Crippen molar-refractivity contribution in [2.45, 2.75) is 72.0 Å². The molecule has 2 amide bonds. The van der Waals surface area contributed by atoms with Crippen LogP contribution in [0.4, 0.5) is 5.69 Å². The standard InChI is InChI=1S/C33H43N3O4S/c1-6-27(4)34-33(38)31(23-28-14-9-7-10-15-28)35(24-29-16-11-8-12-17-29)32(37)18-13-19-36(41(5,39)40)30-21-25(2)20-26(3)22-30/h7-12,14-17,20-22,27,31H,6,13,18-19,23-24H2,1-5H3,(H,34,38)/t27-,31-/m1/s1. The first-order chi connectivity index (χ1) is 19.5. The van der Waals surface area contributed by atoms with Gasteiger partial charge in [-0.05, 0) is 68.0 Å². The molecule has 0 bridgehead atoms. The highest BCUT2D eigenvalue weighted by atomic mass is 32.2. The monoisotopic (exact) mass is 577 g/mol. The Bertz CT molecular complexity index is 1370. The van der Waals surface area contributed by atoms with Crippen LogP contribution in [0, 0.1) is 13.8 Å². The maximum Gasteiger partial charge on any atom is 0.243 e. The van der Waals surface area contributed by atoms with Gasteiger partial charge in [0.05, 0.1) is 11.9 Å². The number of carbonyl (C=O) groups excluding carboxylic acids is 2. The van der Waals surface area contributed by atoms with E-state index in [-0.39, 0.29) is 37.4 Å². The largest absolute Gasteiger partial charge is 0.352 e. The van der Waals surface area contributed by atoms with E-state index in [1.165, 1.54) is 10.6 Å². The summed E-state index contributed by atoms with van der Waals surface area (Å²) in [6.45, 7) is 8.26. The molecule has 8 heteroatoms. The minimum atomic E-state index is -3.56. The quantitative estimate of drug-likeness (QED) is 0.278. The minimum absolute atomic E-state index is 0.0319. The molecule has 3 aromatic carbocycles. The molecular formula is C33H43N3O4S. The molecule has 3 rings (SSSR count). The molecule has 0 saturated carbocycles. The van der Waals surface area contributed by atoms with Crippen molar-refractivity contribution in [1.29, 1.82) is 0 Å². The molecule has 3 aromatic rings. The molecule has 41 heavy (non-hydrogen) atoms. The number of nitrogens with zero attached hydrogens (tertiary/aromatic N) is 2. The number of benzene rings is 3. The van der Waals surface area contributed by atoms with Crippen LogP contribution in [0.15, 0.2) is 78.9 Å². The molecule has 0 aliphatic rings. The van der Waals surface area contributed by atoms with E-state index in [4.69, 9.17) is 0 Å². The van der Waals surface area contributed by atoms with Crippen LogP contribution in [0.25, 0.3) is 0 Å². The summed E-state index contributed by atoms with van der Waals surface area (Å²) in [5, 5.41) is 3.08. The van der Waals surface area contributed by atoms with Gasteiger partial charge < -0.3 is 10.2 Å². The summed E-state index contributed by atoms with van der Waals surface area (Å²) in [7, 11) is -3.56. The SMILES string of the molecule is CC[C@@H](C)NC(=O)[C@@H](Cc1ccccc1)N(Cc1ccccc1)C(=O)CCCN(c1cc(C)cc(C)c1)S(C)(=O)=O. The van der Waals surface area contributed by atoms with Crippen molar-refractivity contribution < 1.29 is 18.0 Å². The van der Waals surface area contributed by atoms with Crippen molar-refractivity contribution in [3.05, 3.63) is 101 Å². The summed E-state index contributed by atoms with van der Waals surface area (Å²) >= 11 is 0. The van der Waals surface area contributed by atoms with Crippen LogP contribution in [0.5, 0.6) is 0 Å². The average Bonchev–Trinajstić information content (AvgIpc) is 2.92. The Kier molecular flexibility index (Phi) is 11.5. The Hall–Kier alpha value is -3.65. The number of anilines is 1. The summed E-state index contributed by atoms with van der Waals surface area (Å²) < 4.78 is 26.8. The van der Waals surface area contributed by atoms with Gasteiger partial charge in [0.2, 0.25) is 21.8 Å². The molecule has 0 saturated heterocycles. The molecule has 2 atom stereocenters. The molecule has 0 radical (unpaired) electrons. The van der Waals surface area contributed by atoms with Crippen LogP contribution in [0.2, 0.25) is 0 Å². The summed E-state index contributed by atoms with van der Waals surface area (Å²) in [6.07, 6.45) is 2.75. The van der Waals surface area contributed by atoms with Crippen molar-refractivity contribution in [2.24, 2.45) is 0 Å². The molecule has 0 unspecified atom stereocenters. The molecule has 0 fully saturated rings. The van der Waals surface area contributed by atoms with Crippen molar-refractivity contribution in [1.82, 2.24) is 10.2 Å². The number of aryl methyl sites for hydroxylation is 2. The van der Waals surface area contributed by atoms with Gasteiger partial charge in [-0.25, -0.2) is 8.42 Å². The zero-order valence-corrected chi connectivity index (χ0v) is 25.7. The first kappa shape index (κ1) is 31.9. The second-order valence-corrected chi connectivity index (χ2v) is 12.7. The smallest absolute Gasteiger partial charge is 0.243 e. The van der Waals surface area contributed by atoms with Crippen LogP contribution in [-0.2, 0) is 32.6 Å². The number of rotatable bonds is 14. The molecule has 0 aliphatic carbocycles. The van der Waals surface area contributed by atoms with Gasteiger partial charge in [-0.2, -0.15) is 0 Å². The third kappa shape index (κ3) is 9.74. The van der Waals surface area contributed by atoms with E-state index in [0.717, 1.165) is 28.7 Å². The van der Waals surface area contributed by atoms with Crippen LogP contribution >= 0.6 is 0 Å². The predicted octanol–water partition coefficient (Wildman–Crippen LogP) is 5.40. The van der Waals surface area contributed by atoms with Crippen molar-refractivity contribution in [3.8, 4) is 0 Å². The van der Waals surface area contributed by atoms with E-state index in [0.29, 0.717) is 18.5 Å². The highest BCUT2D eigenvalue weighted by molar-refractivity contribution is 7.92. The molecule has 7 nitrogen and oxygen atoms in total.